The van der Waals surface area contributed by atoms with E-state index in [1.807, 2.05) is 18.2 Å². The third-order valence-corrected chi connectivity index (χ3v) is 4.60. The molecule has 0 fully saturated rings. The zero-order valence-corrected chi connectivity index (χ0v) is 15.1. The fourth-order valence-electron chi connectivity index (χ4n) is 3.23. The average molecular weight is 339 g/mol. The molecule has 3 rings (SSSR count). The third kappa shape index (κ3) is 3.97. The maximum absolute atomic E-state index is 5.43. The molecule has 0 atom stereocenters. The van der Waals surface area contributed by atoms with Crippen LogP contribution in [0.5, 0.6) is 17.2 Å². The van der Waals surface area contributed by atoms with Gasteiger partial charge in [-0.1, -0.05) is 30.4 Å². The predicted octanol–water partition coefficient (Wildman–Crippen LogP) is 3.78. The molecule has 1 aliphatic heterocycles. The van der Waals surface area contributed by atoms with Crippen molar-refractivity contribution in [2.24, 2.45) is 0 Å². The molecule has 0 saturated heterocycles. The quantitative estimate of drug-likeness (QED) is 0.801. The summed E-state index contributed by atoms with van der Waals surface area (Å²) in [4.78, 5) is 2.43. The first-order chi connectivity index (χ1) is 12.2. The Hall–Kier alpha value is -2.46. The summed E-state index contributed by atoms with van der Waals surface area (Å²) in [6.07, 6.45) is 5.35. The first kappa shape index (κ1) is 17.4. The van der Waals surface area contributed by atoms with Crippen LogP contribution in [-0.4, -0.2) is 39.3 Å². The lowest BCUT2D eigenvalue weighted by Gasteiger charge is -2.28. The molecule has 0 aliphatic carbocycles. The molecule has 2 aromatic carbocycles. The second-order valence-corrected chi connectivity index (χ2v) is 6.11. The zero-order chi connectivity index (χ0) is 17.6. The lowest BCUT2D eigenvalue weighted by atomic mass is 9.99. The molecule has 25 heavy (non-hydrogen) atoms. The van der Waals surface area contributed by atoms with Crippen molar-refractivity contribution in [2.75, 3.05) is 34.4 Å². The van der Waals surface area contributed by atoms with Gasteiger partial charge in [0.05, 0.1) is 21.3 Å². The summed E-state index contributed by atoms with van der Waals surface area (Å²) in [5, 5.41) is 0. The number of hydrogen-bond donors (Lipinski definition) is 0. The first-order valence-electron chi connectivity index (χ1n) is 8.51. The number of benzene rings is 2. The van der Waals surface area contributed by atoms with Gasteiger partial charge in [-0.2, -0.15) is 0 Å². The van der Waals surface area contributed by atoms with E-state index >= 15 is 0 Å². The van der Waals surface area contributed by atoms with Gasteiger partial charge < -0.3 is 14.2 Å². The van der Waals surface area contributed by atoms with E-state index in [0.29, 0.717) is 0 Å². The molecule has 4 heteroatoms. The van der Waals surface area contributed by atoms with Crippen molar-refractivity contribution >= 4 is 6.08 Å². The highest BCUT2D eigenvalue weighted by molar-refractivity contribution is 5.57. The maximum Gasteiger partial charge on any atom is 0.161 e. The van der Waals surface area contributed by atoms with Gasteiger partial charge in [0.15, 0.2) is 11.5 Å². The number of fused-ring (bicyclic) bond motifs is 1. The fourth-order valence-corrected chi connectivity index (χ4v) is 3.23. The molecule has 0 unspecified atom stereocenters. The smallest absolute Gasteiger partial charge is 0.161 e. The molecule has 0 spiro atoms. The van der Waals surface area contributed by atoms with Crippen molar-refractivity contribution in [1.82, 2.24) is 4.90 Å². The van der Waals surface area contributed by atoms with E-state index in [1.165, 1.54) is 11.1 Å². The zero-order valence-electron chi connectivity index (χ0n) is 15.1. The van der Waals surface area contributed by atoms with E-state index in [1.54, 1.807) is 21.3 Å². The van der Waals surface area contributed by atoms with Gasteiger partial charge in [-0.15, -0.1) is 0 Å². The molecule has 2 aromatic rings. The molecule has 0 bridgehead atoms. The monoisotopic (exact) mass is 339 g/mol. The van der Waals surface area contributed by atoms with Crippen LogP contribution >= 0.6 is 0 Å². The minimum absolute atomic E-state index is 0.799. The lowest BCUT2D eigenvalue weighted by molar-refractivity contribution is 0.279. The summed E-state index contributed by atoms with van der Waals surface area (Å²) in [5.74, 6) is 2.51. The third-order valence-electron chi connectivity index (χ3n) is 4.60. The normalized spacial score (nSPS) is 14.4. The Labute approximate surface area is 149 Å². The van der Waals surface area contributed by atoms with Crippen molar-refractivity contribution in [3.05, 3.63) is 59.2 Å². The van der Waals surface area contributed by atoms with Crippen LogP contribution in [0.2, 0.25) is 0 Å². The van der Waals surface area contributed by atoms with Crippen LogP contribution in [0.15, 0.2) is 42.5 Å². The van der Waals surface area contributed by atoms with Gasteiger partial charge in [0.25, 0.3) is 0 Å². The van der Waals surface area contributed by atoms with Crippen molar-refractivity contribution in [1.29, 1.82) is 0 Å². The van der Waals surface area contributed by atoms with Crippen LogP contribution in [0.1, 0.15) is 16.7 Å². The lowest BCUT2D eigenvalue weighted by Crippen LogP contribution is -2.30. The van der Waals surface area contributed by atoms with Gasteiger partial charge in [0.2, 0.25) is 0 Å². The summed E-state index contributed by atoms with van der Waals surface area (Å²) in [7, 11) is 5.07. The molecule has 1 aliphatic rings. The van der Waals surface area contributed by atoms with Gasteiger partial charge in [-0.05, 0) is 35.7 Å². The van der Waals surface area contributed by atoms with Gasteiger partial charge in [-0.3, -0.25) is 4.90 Å². The van der Waals surface area contributed by atoms with Crippen molar-refractivity contribution in [3.8, 4) is 17.2 Å². The molecule has 4 nitrogen and oxygen atoms in total. The average Bonchev–Trinajstić information content (AvgIpc) is 2.67. The molecular formula is C21H25NO3. The largest absolute Gasteiger partial charge is 0.496 e. The summed E-state index contributed by atoms with van der Waals surface area (Å²) in [5.41, 5.74) is 3.77. The van der Waals surface area contributed by atoms with E-state index in [4.69, 9.17) is 14.2 Å². The standard InChI is InChI=1S/C21H25NO3/c1-23-19-9-5-4-7-16(19)8-6-11-22-12-10-17-13-20(24-2)21(25-3)14-18(17)15-22/h4-9,13-14H,10-12,15H2,1-3H3/b8-6-. The summed E-state index contributed by atoms with van der Waals surface area (Å²) in [6.45, 7) is 2.87. The first-order valence-corrected chi connectivity index (χ1v) is 8.51. The second kappa shape index (κ2) is 8.08. The van der Waals surface area contributed by atoms with E-state index in [-0.39, 0.29) is 0 Å². The molecule has 0 amide bonds. The fraction of sp³-hybridized carbons (Fsp3) is 0.333. The van der Waals surface area contributed by atoms with Gasteiger partial charge >= 0.3 is 0 Å². The van der Waals surface area contributed by atoms with E-state index in [0.717, 1.165) is 48.9 Å². The molecule has 0 radical (unpaired) electrons. The molecule has 1 heterocycles. The minimum atomic E-state index is 0.799. The molecular weight excluding hydrogens is 314 g/mol. The van der Waals surface area contributed by atoms with Gasteiger partial charge in [0, 0.05) is 25.2 Å². The van der Waals surface area contributed by atoms with Crippen molar-refractivity contribution in [3.63, 3.8) is 0 Å². The number of hydrogen-bond acceptors (Lipinski definition) is 4. The molecule has 132 valence electrons. The molecule has 0 saturated carbocycles. The Morgan fingerprint density at radius 1 is 0.920 bits per heavy atom. The Balaban J connectivity index is 1.68. The summed E-state index contributed by atoms with van der Waals surface area (Å²) in [6, 6.07) is 12.3. The summed E-state index contributed by atoms with van der Waals surface area (Å²) < 4.78 is 16.2. The van der Waals surface area contributed by atoms with Crippen molar-refractivity contribution < 1.29 is 14.2 Å². The van der Waals surface area contributed by atoms with Crippen LogP contribution in [0.25, 0.3) is 6.08 Å². The summed E-state index contributed by atoms with van der Waals surface area (Å²) >= 11 is 0. The number of ether oxygens (including phenoxy) is 3. The Kier molecular flexibility index (Phi) is 5.61. The van der Waals surface area contributed by atoms with Crippen LogP contribution in [0.4, 0.5) is 0 Å². The van der Waals surface area contributed by atoms with Crippen LogP contribution in [-0.2, 0) is 13.0 Å². The number of methoxy groups -OCH3 is 3. The minimum Gasteiger partial charge on any atom is -0.496 e. The number of para-hydroxylation sites is 1. The maximum atomic E-state index is 5.43. The van der Waals surface area contributed by atoms with Crippen LogP contribution < -0.4 is 14.2 Å². The predicted molar refractivity (Wildman–Crippen MR) is 101 cm³/mol. The Bertz CT molecular complexity index is 755. The van der Waals surface area contributed by atoms with Gasteiger partial charge in [-0.25, -0.2) is 0 Å². The molecule has 0 aromatic heterocycles. The van der Waals surface area contributed by atoms with E-state index < -0.39 is 0 Å². The van der Waals surface area contributed by atoms with E-state index in [9.17, 15) is 0 Å². The van der Waals surface area contributed by atoms with Gasteiger partial charge in [0.1, 0.15) is 5.75 Å². The highest BCUT2D eigenvalue weighted by atomic mass is 16.5. The highest BCUT2D eigenvalue weighted by Crippen LogP contribution is 2.33. The Morgan fingerprint density at radius 2 is 1.60 bits per heavy atom. The van der Waals surface area contributed by atoms with Crippen LogP contribution in [0, 0.1) is 0 Å². The SMILES string of the molecule is COc1ccccc1/C=C\CN1CCc2cc(OC)c(OC)cc2C1. The van der Waals surface area contributed by atoms with E-state index in [2.05, 4.69) is 35.3 Å². The second-order valence-electron chi connectivity index (χ2n) is 6.11. The van der Waals surface area contributed by atoms with Crippen molar-refractivity contribution in [2.45, 2.75) is 13.0 Å². The van der Waals surface area contributed by atoms with Crippen LogP contribution in [0.3, 0.4) is 0 Å². The molecule has 0 N–H and O–H groups in total. The number of rotatable bonds is 6. The Morgan fingerprint density at radius 3 is 2.32 bits per heavy atom. The topological polar surface area (TPSA) is 30.9 Å². The number of nitrogens with zero attached hydrogens (tertiary/aromatic N) is 1. The highest BCUT2D eigenvalue weighted by Gasteiger charge is 2.18.